The van der Waals surface area contributed by atoms with Crippen LogP contribution in [0.25, 0.3) is 0 Å². The van der Waals surface area contributed by atoms with Crippen LogP contribution in [0, 0.1) is 5.92 Å². The summed E-state index contributed by atoms with van der Waals surface area (Å²) >= 11 is 0. The number of likely N-dealkylation sites (tertiary alicyclic amines) is 1. The zero-order chi connectivity index (χ0) is 20.6. The lowest BCUT2D eigenvalue weighted by molar-refractivity contribution is -0.124. The Labute approximate surface area is 165 Å². The van der Waals surface area contributed by atoms with Crippen LogP contribution in [0.1, 0.15) is 60.8 Å². The number of nitrogens with one attached hydrogen (secondary N) is 1. The molecule has 0 aliphatic carbocycles. The summed E-state index contributed by atoms with van der Waals surface area (Å²) < 4.78 is 12.3. The average molecular weight is 399 g/mol. The summed E-state index contributed by atoms with van der Waals surface area (Å²) in [5, 5.41) is 3.01. The second-order valence-electron chi connectivity index (χ2n) is 10.5. The van der Waals surface area contributed by atoms with Crippen molar-refractivity contribution in [1.29, 1.82) is 0 Å². The van der Waals surface area contributed by atoms with E-state index >= 15 is 0 Å². The van der Waals surface area contributed by atoms with E-state index in [0.29, 0.717) is 19.5 Å². The Morgan fingerprint density at radius 3 is 2.33 bits per heavy atom. The maximum atomic E-state index is 12.9. The highest BCUT2D eigenvalue weighted by Gasteiger charge is 2.46. The van der Waals surface area contributed by atoms with E-state index in [-0.39, 0.29) is 35.1 Å². The topological polar surface area (TPSA) is 67.9 Å². The molecule has 0 aromatic heterocycles. The Kier molecular flexibility index (Phi) is 6.37. The van der Waals surface area contributed by atoms with E-state index < -0.39 is 13.9 Å². The molecule has 2 aliphatic rings. The van der Waals surface area contributed by atoms with Crippen molar-refractivity contribution in [3.8, 4) is 0 Å². The van der Waals surface area contributed by atoms with E-state index in [9.17, 15) is 9.59 Å². The number of piperidine rings is 1. The predicted molar refractivity (Wildman–Crippen MR) is 109 cm³/mol. The van der Waals surface area contributed by atoms with Crippen LogP contribution in [-0.2, 0) is 14.0 Å². The summed E-state index contributed by atoms with van der Waals surface area (Å²) in [7, 11) is -1.93. The summed E-state index contributed by atoms with van der Waals surface area (Å²) in [6.07, 6.45) is 1.86. The van der Waals surface area contributed by atoms with Crippen molar-refractivity contribution in [3.05, 3.63) is 0 Å². The molecule has 2 aliphatic heterocycles. The quantitative estimate of drug-likeness (QED) is 0.732. The molecule has 2 heterocycles. The number of hydrogen-bond donors (Lipinski definition) is 1. The third kappa shape index (κ3) is 5.70. The van der Waals surface area contributed by atoms with Gasteiger partial charge >= 0.3 is 6.09 Å². The van der Waals surface area contributed by atoms with Crippen molar-refractivity contribution >= 4 is 20.3 Å². The molecule has 156 valence electrons. The number of rotatable bonds is 3. The van der Waals surface area contributed by atoms with Gasteiger partial charge < -0.3 is 19.4 Å². The van der Waals surface area contributed by atoms with Gasteiger partial charge in [-0.1, -0.05) is 20.8 Å². The zero-order valence-corrected chi connectivity index (χ0v) is 19.3. The fraction of sp³-hybridized carbons (Fsp3) is 0.900. The maximum Gasteiger partial charge on any atom is 0.410 e. The van der Waals surface area contributed by atoms with Crippen molar-refractivity contribution in [3.63, 3.8) is 0 Å². The third-order valence-corrected chi connectivity index (χ3v) is 10.6. The molecule has 2 amide bonds. The third-order valence-electron chi connectivity index (χ3n) is 6.03. The van der Waals surface area contributed by atoms with Crippen LogP contribution in [0.5, 0.6) is 0 Å². The molecule has 3 atom stereocenters. The van der Waals surface area contributed by atoms with Crippen molar-refractivity contribution in [2.45, 2.75) is 96.7 Å². The summed E-state index contributed by atoms with van der Waals surface area (Å²) in [4.78, 5) is 26.6. The Hall–Kier alpha value is -1.08. The van der Waals surface area contributed by atoms with E-state index in [1.807, 2.05) is 25.7 Å². The van der Waals surface area contributed by atoms with Crippen LogP contribution in [-0.4, -0.2) is 56.1 Å². The predicted octanol–water partition coefficient (Wildman–Crippen LogP) is 3.91. The molecule has 0 unspecified atom stereocenters. The van der Waals surface area contributed by atoms with Gasteiger partial charge in [0, 0.05) is 25.6 Å². The lowest BCUT2D eigenvalue weighted by Crippen LogP contribution is -2.47. The second kappa shape index (κ2) is 7.74. The Morgan fingerprint density at radius 2 is 1.81 bits per heavy atom. The molecule has 0 aromatic rings. The maximum absolute atomic E-state index is 12.9. The molecule has 27 heavy (non-hydrogen) atoms. The van der Waals surface area contributed by atoms with Crippen molar-refractivity contribution in [1.82, 2.24) is 10.2 Å². The number of amides is 2. The fourth-order valence-electron chi connectivity index (χ4n) is 3.62. The minimum atomic E-state index is -1.93. The van der Waals surface area contributed by atoms with E-state index in [4.69, 9.17) is 9.16 Å². The van der Waals surface area contributed by atoms with E-state index in [2.05, 4.69) is 39.2 Å². The summed E-state index contributed by atoms with van der Waals surface area (Å²) in [5.74, 6) is 0.239. The zero-order valence-electron chi connectivity index (χ0n) is 18.3. The van der Waals surface area contributed by atoms with E-state index in [1.165, 1.54) is 0 Å². The Balaban J connectivity index is 2.17. The molecule has 0 bridgehead atoms. The van der Waals surface area contributed by atoms with Crippen molar-refractivity contribution < 1.29 is 18.8 Å². The molecule has 1 N–H and O–H groups in total. The molecule has 2 saturated heterocycles. The van der Waals surface area contributed by atoms with Gasteiger partial charge in [-0.2, -0.15) is 0 Å². The van der Waals surface area contributed by atoms with Crippen LogP contribution in [0.2, 0.25) is 18.1 Å². The van der Waals surface area contributed by atoms with Gasteiger partial charge in [-0.3, -0.25) is 4.79 Å². The van der Waals surface area contributed by atoms with Gasteiger partial charge in [0.2, 0.25) is 5.91 Å². The first-order chi connectivity index (χ1) is 12.2. The molecule has 7 heteroatoms. The molecule has 2 fully saturated rings. The van der Waals surface area contributed by atoms with Gasteiger partial charge in [0.05, 0.1) is 6.10 Å². The number of carbonyl (C=O) groups excluding carboxylic acids is 2. The molecule has 0 aromatic carbocycles. The first-order valence-corrected chi connectivity index (χ1v) is 13.0. The summed E-state index contributed by atoms with van der Waals surface area (Å²) in [6.45, 7) is 18.0. The summed E-state index contributed by atoms with van der Waals surface area (Å²) in [6, 6.07) is 0.000619. The standard InChI is InChI=1S/C20H38N2O4Si/c1-19(2,3)25-18(24)22-13-15(26-27(7,8)20(4,5)6)12-16(22)14-9-10-21-17(23)11-14/h14-16H,9-13H2,1-8H3,(H,21,23)/t14-,15+,16-/m0/s1. The number of carbonyl (C=O) groups is 2. The van der Waals surface area contributed by atoms with Gasteiger partial charge in [0.15, 0.2) is 8.32 Å². The van der Waals surface area contributed by atoms with Crippen LogP contribution in [0.3, 0.4) is 0 Å². The monoisotopic (exact) mass is 398 g/mol. The molecule has 0 saturated carbocycles. The highest BCUT2D eigenvalue weighted by molar-refractivity contribution is 6.74. The van der Waals surface area contributed by atoms with Gasteiger partial charge in [-0.05, 0) is 57.7 Å². The van der Waals surface area contributed by atoms with Gasteiger partial charge in [-0.25, -0.2) is 4.79 Å². The average Bonchev–Trinajstić information content (AvgIpc) is 2.87. The number of nitrogens with zero attached hydrogens (tertiary/aromatic N) is 1. The normalized spacial score (nSPS) is 27.5. The largest absolute Gasteiger partial charge is 0.444 e. The Morgan fingerprint density at radius 1 is 1.19 bits per heavy atom. The number of hydrogen-bond acceptors (Lipinski definition) is 4. The summed E-state index contributed by atoms with van der Waals surface area (Å²) in [5.41, 5.74) is -0.538. The lowest BCUT2D eigenvalue weighted by Gasteiger charge is -2.38. The minimum Gasteiger partial charge on any atom is -0.444 e. The molecule has 0 radical (unpaired) electrons. The van der Waals surface area contributed by atoms with Crippen molar-refractivity contribution in [2.24, 2.45) is 5.92 Å². The highest BCUT2D eigenvalue weighted by Crippen LogP contribution is 2.40. The van der Waals surface area contributed by atoms with Gasteiger partial charge in [0.25, 0.3) is 0 Å². The van der Waals surface area contributed by atoms with Gasteiger partial charge in [-0.15, -0.1) is 0 Å². The molecule has 0 spiro atoms. The van der Waals surface area contributed by atoms with Crippen LogP contribution in [0.15, 0.2) is 0 Å². The van der Waals surface area contributed by atoms with Crippen LogP contribution in [0.4, 0.5) is 4.79 Å². The van der Waals surface area contributed by atoms with Crippen LogP contribution >= 0.6 is 0 Å². The second-order valence-corrected chi connectivity index (χ2v) is 15.3. The molecular weight excluding hydrogens is 360 g/mol. The molecule has 6 nitrogen and oxygen atoms in total. The highest BCUT2D eigenvalue weighted by atomic mass is 28.4. The Bertz CT molecular complexity index is 565. The first-order valence-electron chi connectivity index (χ1n) is 10.1. The van der Waals surface area contributed by atoms with E-state index in [1.54, 1.807) is 0 Å². The van der Waals surface area contributed by atoms with E-state index in [0.717, 1.165) is 12.8 Å². The first kappa shape index (κ1) is 22.2. The molecular formula is C20H38N2O4Si. The number of ether oxygens (including phenoxy) is 1. The van der Waals surface area contributed by atoms with Crippen LogP contribution < -0.4 is 5.32 Å². The smallest absolute Gasteiger partial charge is 0.410 e. The van der Waals surface area contributed by atoms with Crippen molar-refractivity contribution in [2.75, 3.05) is 13.1 Å². The molecule has 2 rings (SSSR count). The fourth-order valence-corrected chi connectivity index (χ4v) is 4.98. The van der Waals surface area contributed by atoms with Gasteiger partial charge in [0.1, 0.15) is 5.60 Å². The minimum absolute atomic E-state index is 0.000619. The lowest BCUT2D eigenvalue weighted by atomic mass is 9.88. The SMILES string of the molecule is CC(C)(C)OC(=O)N1C[C@H](O[Si](C)(C)C(C)(C)C)C[C@H]1[C@H]1CCNC(=O)C1.